The Morgan fingerprint density at radius 1 is 1.53 bits per heavy atom. The molecule has 1 aromatic carbocycles. The summed E-state index contributed by atoms with van der Waals surface area (Å²) >= 11 is 1.70. The van der Waals surface area contributed by atoms with Crippen LogP contribution in [0.2, 0.25) is 0 Å². The summed E-state index contributed by atoms with van der Waals surface area (Å²) in [6.07, 6.45) is 1.13. The highest BCUT2D eigenvalue weighted by atomic mass is 32.2. The maximum Gasteiger partial charge on any atom is 0.307 e. The van der Waals surface area contributed by atoms with Crippen molar-refractivity contribution in [3.05, 3.63) is 23.8 Å². The third-order valence-corrected chi connectivity index (χ3v) is 3.19. The fourth-order valence-corrected chi connectivity index (χ4v) is 2.04. The zero-order valence-electron chi connectivity index (χ0n) is 8.69. The lowest BCUT2D eigenvalue weighted by molar-refractivity contribution is -0.136. The fraction of sp³-hybridized carbons (Fsp3) is 0.364. The second-order valence-electron chi connectivity index (χ2n) is 3.29. The van der Waals surface area contributed by atoms with Crippen molar-refractivity contribution in [3.8, 4) is 0 Å². The van der Waals surface area contributed by atoms with Crippen molar-refractivity contribution in [3.63, 3.8) is 0 Å². The van der Waals surface area contributed by atoms with Crippen molar-refractivity contribution in [1.29, 1.82) is 0 Å². The zero-order chi connectivity index (χ0) is 11.3. The lowest BCUT2D eigenvalue weighted by Gasteiger charge is -2.06. The van der Waals surface area contributed by atoms with Crippen LogP contribution in [-0.4, -0.2) is 16.8 Å². The molecule has 0 fully saturated rings. The average Bonchev–Trinajstić information content (AvgIpc) is 2.15. The van der Waals surface area contributed by atoms with Gasteiger partial charge in [0, 0.05) is 10.6 Å². The Bertz CT molecular complexity index is 352. The molecule has 0 amide bonds. The van der Waals surface area contributed by atoms with Crippen LogP contribution in [-0.2, 0) is 11.2 Å². The van der Waals surface area contributed by atoms with E-state index >= 15 is 0 Å². The van der Waals surface area contributed by atoms with E-state index < -0.39 is 5.97 Å². The number of thioether (sulfide) groups is 1. The van der Waals surface area contributed by atoms with E-state index in [2.05, 4.69) is 6.92 Å². The van der Waals surface area contributed by atoms with E-state index in [9.17, 15) is 4.79 Å². The molecule has 0 aliphatic rings. The molecular weight excluding hydrogens is 210 g/mol. The summed E-state index contributed by atoms with van der Waals surface area (Å²) in [4.78, 5) is 11.5. The van der Waals surface area contributed by atoms with E-state index in [0.29, 0.717) is 5.69 Å². The molecule has 0 saturated heterocycles. The summed E-state index contributed by atoms with van der Waals surface area (Å²) in [5.41, 5.74) is 7.25. The minimum Gasteiger partial charge on any atom is -0.481 e. The highest BCUT2D eigenvalue weighted by molar-refractivity contribution is 7.99. The number of hydrogen-bond donors (Lipinski definition) is 2. The molecule has 0 spiro atoms. The molecular formula is C11H15NO2S. The van der Waals surface area contributed by atoms with Gasteiger partial charge in [0.05, 0.1) is 6.42 Å². The summed E-state index contributed by atoms with van der Waals surface area (Å²) in [7, 11) is 0. The molecule has 0 unspecified atom stereocenters. The maximum absolute atomic E-state index is 10.5. The van der Waals surface area contributed by atoms with Crippen molar-refractivity contribution < 1.29 is 9.90 Å². The first kappa shape index (κ1) is 11.9. The first-order chi connectivity index (χ1) is 7.13. The highest BCUT2D eigenvalue weighted by Crippen LogP contribution is 2.26. The Morgan fingerprint density at radius 2 is 2.27 bits per heavy atom. The van der Waals surface area contributed by atoms with Gasteiger partial charge in [-0.15, -0.1) is 11.8 Å². The largest absolute Gasteiger partial charge is 0.481 e. The summed E-state index contributed by atoms with van der Waals surface area (Å²) in [6.45, 7) is 2.11. The lowest BCUT2D eigenvalue weighted by atomic mass is 10.1. The number of nitrogens with two attached hydrogens (primary N) is 1. The summed E-state index contributed by atoms with van der Waals surface area (Å²) in [5.74, 6) is 0.200. The molecule has 0 radical (unpaired) electrons. The first-order valence-electron chi connectivity index (χ1n) is 4.86. The van der Waals surface area contributed by atoms with Gasteiger partial charge in [-0.3, -0.25) is 4.79 Å². The van der Waals surface area contributed by atoms with Crippen LogP contribution in [0.5, 0.6) is 0 Å². The SMILES string of the molecule is CCCSc1ccc(CC(=O)O)cc1N. The normalized spacial score (nSPS) is 10.2. The van der Waals surface area contributed by atoms with Crippen LogP contribution in [0.25, 0.3) is 0 Å². The van der Waals surface area contributed by atoms with E-state index in [1.165, 1.54) is 0 Å². The topological polar surface area (TPSA) is 63.3 Å². The van der Waals surface area contributed by atoms with Crippen LogP contribution in [0.3, 0.4) is 0 Å². The Labute approximate surface area is 93.7 Å². The number of benzene rings is 1. The third-order valence-electron chi connectivity index (χ3n) is 1.89. The van der Waals surface area contributed by atoms with Crippen LogP contribution in [0.1, 0.15) is 18.9 Å². The minimum atomic E-state index is -0.830. The number of aliphatic carboxylic acids is 1. The minimum absolute atomic E-state index is 0.0307. The van der Waals surface area contributed by atoms with E-state index in [-0.39, 0.29) is 6.42 Å². The number of carboxylic acid groups (broad SMARTS) is 1. The number of nitrogen functional groups attached to an aromatic ring is 1. The molecule has 3 N–H and O–H groups in total. The van der Waals surface area contributed by atoms with Gasteiger partial charge in [0.25, 0.3) is 0 Å². The van der Waals surface area contributed by atoms with Crippen molar-refractivity contribution >= 4 is 23.4 Å². The summed E-state index contributed by atoms with van der Waals surface area (Å²) < 4.78 is 0. The van der Waals surface area contributed by atoms with Gasteiger partial charge in [-0.05, 0) is 29.9 Å². The standard InChI is InChI=1S/C11H15NO2S/c1-2-5-15-10-4-3-8(6-9(10)12)7-11(13)14/h3-4,6H,2,5,7,12H2,1H3,(H,13,14). The first-order valence-corrected chi connectivity index (χ1v) is 5.85. The predicted octanol–water partition coefficient (Wildman–Crippen LogP) is 2.40. The van der Waals surface area contributed by atoms with Gasteiger partial charge in [0.15, 0.2) is 0 Å². The second-order valence-corrected chi connectivity index (χ2v) is 4.43. The van der Waals surface area contributed by atoms with Crippen molar-refractivity contribution in [2.24, 2.45) is 0 Å². The second kappa shape index (κ2) is 5.66. The van der Waals surface area contributed by atoms with Gasteiger partial charge in [-0.2, -0.15) is 0 Å². The molecule has 0 bridgehead atoms. The average molecular weight is 225 g/mol. The predicted molar refractivity (Wildman–Crippen MR) is 63.2 cm³/mol. The molecule has 3 nitrogen and oxygen atoms in total. The van der Waals surface area contributed by atoms with Gasteiger partial charge in [0.1, 0.15) is 0 Å². The Morgan fingerprint density at radius 3 is 2.80 bits per heavy atom. The number of hydrogen-bond acceptors (Lipinski definition) is 3. The zero-order valence-corrected chi connectivity index (χ0v) is 9.51. The fourth-order valence-electron chi connectivity index (χ4n) is 1.23. The monoisotopic (exact) mass is 225 g/mol. The van der Waals surface area contributed by atoms with Gasteiger partial charge in [0.2, 0.25) is 0 Å². The Kier molecular flexibility index (Phi) is 4.49. The van der Waals surface area contributed by atoms with Gasteiger partial charge >= 0.3 is 5.97 Å². The van der Waals surface area contributed by atoms with Gasteiger partial charge < -0.3 is 10.8 Å². The third kappa shape index (κ3) is 3.83. The van der Waals surface area contributed by atoms with Crippen LogP contribution in [0, 0.1) is 0 Å². The van der Waals surface area contributed by atoms with Crippen molar-refractivity contribution in [1.82, 2.24) is 0 Å². The molecule has 0 heterocycles. The van der Waals surface area contributed by atoms with Crippen LogP contribution < -0.4 is 5.73 Å². The highest BCUT2D eigenvalue weighted by Gasteiger charge is 2.04. The van der Waals surface area contributed by atoms with E-state index in [1.807, 2.05) is 12.1 Å². The summed E-state index contributed by atoms with van der Waals surface area (Å²) in [6, 6.07) is 5.46. The molecule has 0 aliphatic heterocycles. The molecule has 1 aromatic rings. The van der Waals surface area contributed by atoms with Crippen molar-refractivity contribution in [2.75, 3.05) is 11.5 Å². The number of anilines is 1. The number of carboxylic acids is 1. The molecule has 0 atom stereocenters. The molecule has 15 heavy (non-hydrogen) atoms. The quantitative estimate of drug-likeness (QED) is 0.596. The molecule has 1 rings (SSSR count). The number of carbonyl (C=O) groups is 1. The molecule has 0 aliphatic carbocycles. The van der Waals surface area contributed by atoms with Crippen molar-refractivity contribution in [2.45, 2.75) is 24.7 Å². The molecule has 0 aromatic heterocycles. The van der Waals surface area contributed by atoms with E-state index in [1.54, 1.807) is 17.8 Å². The van der Waals surface area contributed by atoms with Gasteiger partial charge in [-0.25, -0.2) is 0 Å². The van der Waals surface area contributed by atoms with E-state index in [4.69, 9.17) is 10.8 Å². The summed E-state index contributed by atoms with van der Waals surface area (Å²) in [5, 5.41) is 8.62. The molecule has 0 saturated carbocycles. The maximum atomic E-state index is 10.5. The smallest absolute Gasteiger partial charge is 0.307 e. The molecule has 4 heteroatoms. The molecule has 82 valence electrons. The Balaban J connectivity index is 2.74. The Hall–Kier alpha value is -1.16. The van der Waals surface area contributed by atoms with Gasteiger partial charge in [-0.1, -0.05) is 13.0 Å². The van der Waals surface area contributed by atoms with Crippen LogP contribution >= 0.6 is 11.8 Å². The van der Waals surface area contributed by atoms with Crippen LogP contribution in [0.4, 0.5) is 5.69 Å². The lowest BCUT2D eigenvalue weighted by Crippen LogP contribution is -2.01. The van der Waals surface area contributed by atoms with E-state index in [0.717, 1.165) is 22.6 Å². The number of rotatable bonds is 5. The van der Waals surface area contributed by atoms with Crippen LogP contribution in [0.15, 0.2) is 23.1 Å².